The molecule has 10 heteroatoms. The zero-order valence-corrected chi connectivity index (χ0v) is 19.1. The smallest absolute Gasteiger partial charge is 0.353 e. The van der Waals surface area contributed by atoms with Gasteiger partial charge in [0.1, 0.15) is 4.88 Å². The Morgan fingerprint density at radius 3 is 2.67 bits per heavy atom. The first-order valence-corrected chi connectivity index (χ1v) is 11.1. The van der Waals surface area contributed by atoms with Crippen molar-refractivity contribution in [3.8, 4) is 11.5 Å². The maximum atomic E-state index is 12.2. The van der Waals surface area contributed by atoms with Gasteiger partial charge in [0.2, 0.25) is 0 Å². The van der Waals surface area contributed by atoms with Crippen LogP contribution in [0.25, 0.3) is 0 Å². The Hall–Kier alpha value is -3.69. The van der Waals surface area contributed by atoms with E-state index in [-0.39, 0.29) is 12.3 Å². The van der Waals surface area contributed by atoms with Crippen LogP contribution in [0.2, 0.25) is 5.02 Å². The molecule has 0 saturated heterocycles. The number of halogens is 1. The van der Waals surface area contributed by atoms with Crippen LogP contribution in [0.4, 0.5) is 0 Å². The highest BCUT2D eigenvalue weighted by molar-refractivity contribution is 7.12. The summed E-state index contributed by atoms with van der Waals surface area (Å²) in [7, 11) is 0. The molecule has 0 radical (unpaired) electrons. The number of ether oxygens (including phenoxy) is 2. The molecule has 3 rings (SSSR count). The van der Waals surface area contributed by atoms with E-state index in [1.54, 1.807) is 53.9 Å². The van der Waals surface area contributed by atoms with E-state index in [0.717, 1.165) is 0 Å². The van der Waals surface area contributed by atoms with Crippen molar-refractivity contribution in [1.82, 2.24) is 10.7 Å². The molecule has 170 valence electrons. The van der Waals surface area contributed by atoms with Crippen LogP contribution in [0.1, 0.15) is 32.5 Å². The summed E-state index contributed by atoms with van der Waals surface area (Å²) in [6, 6.07) is 14.7. The molecule has 1 aromatic heterocycles. The van der Waals surface area contributed by atoms with Crippen LogP contribution in [0.3, 0.4) is 0 Å². The van der Waals surface area contributed by atoms with E-state index >= 15 is 0 Å². The lowest BCUT2D eigenvalue weighted by Crippen LogP contribution is -2.34. The fourth-order valence-corrected chi connectivity index (χ4v) is 3.40. The van der Waals surface area contributed by atoms with Gasteiger partial charge in [0.05, 0.1) is 19.4 Å². The number of esters is 1. The monoisotopic (exact) mass is 485 g/mol. The summed E-state index contributed by atoms with van der Waals surface area (Å²) in [6.45, 7) is 1.92. The summed E-state index contributed by atoms with van der Waals surface area (Å²) in [4.78, 5) is 36.7. The predicted molar refractivity (Wildman–Crippen MR) is 126 cm³/mol. The molecular formula is C23H20ClN3O5S. The third-order valence-corrected chi connectivity index (χ3v) is 5.18. The number of carbonyl (C=O) groups is 3. The lowest BCUT2D eigenvalue weighted by molar-refractivity contribution is -0.120. The standard InChI is InChI=1S/C23H20ClN3O5S/c1-2-31-19-11-15(8-9-18(19)32-23(30)20-7-4-10-33-20)13-26-27-21(28)14-25-22(29)16-5-3-6-17(24)12-16/h3-13H,2,14H2,1H3,(H,25,29)(H,27,28). The molecule has 0 aliphatic carbocycles. The molecule has 8 nitrogen and oxygen atoms in total. The number of nitrogens with one attached hydrogen (secondary N) is 2. The molecule has 1 heterocycles. The predicted octanol–water partition coefficient (Wildman–Crippen LogP) is 3.90. The first-order valence-electron chi connectivity index (χ1n) is 9.84. The maximum Gasteiger partial charge on any atom is 0.353 e. The quantitative estimate of drug-likeness (QED) is 0.207. The van der Waals surface area contributed by atoms with Crippen LogP contribution in [0.5, 0.6) is 11.5 Å². The fourth-order valence-electron chi connectivity index (χ4n) is 2.61. The first-order chi connectivity index (χ1) is 16.0. The minimum atomic E-state index is -0.506. The Morgan fingerprint density at radius 2 is 1.94 bits per heavy atom. The normalized spacial score (nSPS) is 10.6. The van der Waals surface area contributed by atoms with E-state index in [1.807, 2.05) is 6.92 Å². The fraction of sp³-hybridized carbons (Fsp3) is 0.130. The Kier molecular flexibility index (Phi) is 8.56. The van der Waals surface area contributed by atoms with Crippen LogP contribution in [-0.2, 0) is 4.79 Å². The number of amides is 2. The molecule has 0 aliphatic heterocycles. The van der Waals surface area contributed by atoms with E-state index < -0.39 is 17.8 Å². The summed E-state index contributed by atoms with van der Waals surface area (Å²) in [6.07, 6.45) is 1.41. The zero-order chi connectivity index (χ0) is 23.6. The third-order valence-electron chi connectivity index (χ3n) is 4.09. The topological polar surface area (TPSA) is 106 Å². The number of hydrogen-bond acceptors (Lipinski definition) is 7. The highest BCUT2D eigenvalue weighted by Crippen LogP contribution is 2.29. The maximum absolute atomic E-state index is 12.2. The molecular weight excluding hydrogens is 466 g/mol. The molecule has 0 atom stereocenters. The van der Waals surface area contributed by atoms with Crippen molar-refractivity contribution in [2.24, 2.45) is 5.10 Å². The SMILES string of the molecule is CCOc1cc(C=NNC(=O)CNC(=O)c2cccc(Cl)c2)ccc1OC(=O)c1cccs1. The lowest BCUT2D eigenvalue weighted by atomic mass is 10.2. The van der Waals surface area contributed by atoms with Gasteiger partial charge in [0.25, 0.3) is 11.8 Å². The van der Waals surface area contributed by atoms with Crippen LogP contribution < -0.4 is 20.2 Å². The number of rotatable bonds is 9. The molecule has 0 bridgehead atoms. The van der Waals surface area contributed by atoms with Gasteiger partial charge in [-0.2, -0.15) is 5.10 Å². The minimum absolute atomic E-state index is 0.259. The average molecular weight is 486 g/mol. The molecule has 3 aromatic rings. The number of thiophene rings is 1. The van der Waals surface area contributed by atoms with Gasteiger partial charge in [0.15, 0.2) is 11.5 Å². The molecule has 0 saturated carbocycles. The Morgan fingerprint density at radius 1 is 1.09 bits per heavy atom. The van der Waals surface area contributed by atoms with Gasteiger partial charge < -0.3 is 14.8 Å². The number of hydrogen-bond donors (Lipinski definition) is 2. The van der Waals surface area contributed by atoms with E-state index in [9.17, 15) is 14.4 Å². The van der Waals surface area contributed by atoms with E-state index in [4.69, 9.17) is 21.1 Å². The van der Waals surface area contributed by atoms with Crippen LogP contribution in [-0.4, -0.2) is 37.1 Å². The summed E-state index contributed by atoms with van der Waals surface area (Å²) in [5.41, 5.74) is 3.29. The second-order valence-electron chi connectivity index (χ2n) is 6.49. The van der Waals surface area contributed by atoms with Crippen molar-refractivity contribution >= 4 is 46.9 Å². The highest BCUT2D eigenvalue weighted by atomic mass is 35.5. The molecule has 0 spiro atoms. The van der Waals surface area contributed by atoms with Gasteiger partial charge in [-0.3, -0.25) is 9.59 Å². The van der Waals surface area contributed by atoms with Crippen molar-refractivity contribution < 1.29 is 23.9 Å². The molecule has 0 unspecified atom stereocenters. The molecule has 33 heavy (non-hydrogen) atoms. The summed E-state index contributed by atoms with van der Waals surface area (Å²) >= 11 is 7.14. The van der Waals surface area contributed by atoms with Gasteiger partial charge >= 0.3 is 5.97 Å². The van der Waals surface area contributed by atoms with E-state index in [2.05, 4.69) is 15.8 Å². The summed E-state index contributed by atoms with van der Waals surface area (Å²) < 4.78 is 11.0. The molecule has 2 N–H and O–H groups in total. The molecule has 0 aliphatic rings. The van der Waals surface area contributed by atoms with Crippen LogP contribution in [0, 0.1) is 0 Å². The average Bonchev–Trinajstić information content (AvgIpc) is 3.34. The molecule has 0 fully saturated rings. The lowest BCUT2D eigenvalue weighted by Gasteiger charge is -2.10. The number of nitrogens with zero attached hydrogens (tertiary/aromatic N) is 1. The van der Waals surface area contributed by atoms with Crippen molar-refractivity contribution in [2.45, 2.75) is 6.92 Å². The first kappa shape index (κ1) is 24.0. The van der Waals surface area contributed by atoms with Crippen molar-refractivity contribution in [2.75, 3.05) is 13.2 Å². The van der Waals surface area contributed by atoms with Crippen LogP contribution >= 0.6 is 22.9 Å². The second kappa shape index (κ2) is 11.8. The van der Waals surface area contributed by atoms with Gasteiger partial charge in [-0.15, -0.1) is 11.3 Å². The van der Waals surface area contributed by atoms with Gasteiger partial charge in [-0.25, -0.2) is 10.2 Å². The highest BCUT2D eigenvalue weighted by Gasteiger charge is 2.14. The zero-order valence-electron chi connectivity index (χ0n) is 17.5. The molecule has 2 aromatic carbocycles. The number of carbonyl (C=O) groups excluding carboxylic acids is 3. The largest absolute Gasteiger partial charge is 0.490 e. The number of benzene rings is 2. The minimum Gasteiger partial charge on any atom is -0.490 e. The Labute approximate surface area is 199 Å². The summed E-state index contributed by atoms with van der Waals surface area (Å²) in [5, 5.41) is 8.58. The van der Waals surface area contributed by atoms with Crippen molar-refractivity contribution in [3.05, 3.63) is 81.0 Å². The van der Waals surface area contributed by atoms with Crippen molar-refractivity contribution in [3.63, 3.8) is 0 Å². The van der Waals surface area contributed by atoms with Crippen LogP contribution in [0.15, 0.2) is 65.1 Å². The van der Waals surface area contributed by atoms with Gasteiger partial charge in [-0.1, -0.05) is 23.7 Å². The van der Waals surface area contributed by atoms with E-state index in [0.29, 0.717) is 33.4 Å². The van der Waals surface area contributed by atoms with Crippen molar-refractivity contribution in [1.29, 1.82) is 0 Å². The summed E-state index contributed by atoms with van der Waals surface area (Å²) in [5.74, 6) is -0.759. The second-order valence-corrected chi connectivity index (χ2v) is 7.88. The van der Waals surface area contributed by atoms with E-state index in [1.165, 1.54) is 23.6 Å². The van der Waals surface area contributed by atoms with Gasteiger partial charge in [0, 0.05) is 10.6 Å². The van der Waals surface area contributed by atoms with Gasteiger partial charge in [-0.05, 0) is 60.3 Å². The Bertz CT molecular complexity index is 1160. The third kappa shape index (κ3) is 7.16. The Balaban J connectivity index is 1.55. The molecule has 2 amide bonds. The number of hydrazone groups is 1.